The summed E-state index contributed by atoms with van der Waals surface area (Å²) in [5.74, 6) is 0.844. The molecule has 0 bridgehead atoms. The van der Waals surface area contributed by atoms with Crippen LogP contribution in [-0.4, -0.2) is 53.9 Å². The number of benzene rings is 2. The van der Waals surface area contributed by atoms with E-state index < -0.39 is 0 Å². The number of piperazine rings is 1. The van der Waals surface area contributed by atoms with Gasteiger partial charge in [-0.3, -0.25) is 9.48 Å². The molecule has 3 aromatic rings. The zero-order valence-corrected chi connectivity index (χ0v) is 16.2. The van der Waals surface area contributed by atoms with Crippen molar-refractivity contribution in [2.75, 3.05) is 38.2 Å². The van der Waals surface area contributed by atoms with Crippen molar-refractivity contribution in [3.05, 3.63) is 66.4 Å². The predicted octanol–water partition coefficient (Wildman–Crippen LogP) is 3.06. The van der Waals surface area contributed by atoms with Crippen LogP contribution < -0.4 is 9.64 Å². The minimum atomic E-state index is -0.0162. The number of carbonyl (C=O) groups is 1. The van der Waals surface area contributed by atoms with Gasteiger partial charge in [0.05, 0.1) is 18.5 Å². The van der Waals surface area contributed by atoms with Gasteiger partial charge in [-0.15, -0.1) is 0 Å². The topological polar surface area (TPSA) is 50.6 Å². The molecule has 144 valence electrons. The maximum absolute atomic E-state index is 13.0. The highest BCUT2D eigenvalue weighted by Gasteiger charge is 2.25. The van der Waals surface area contributed by atoms with Crippen molar-refractivity contribution < 1.29 is 9.53 Å². The molecule has 0 atom stereocenters. The number of methoxy groups -OCH3 is 1. The summed E-state index contributed by atoms with van der Waals surface area (Å²) in [5.41, 5.74) is 3.56. The van der Waals surface area contributed by atoms with Gasteiger partial charge in [0.15, 0.2) is 5.69 Å². The lowest BCUT2D eigenvalue weighted by atomic mass is 10.1. The third kappa shape index (κ3) is 3.45. The molecule has 1 aliphatic rings. The molecular weight excluding hydrogens is 352 g/mol. The Morgan fingerprint density at radius 3 is 2.36 bits per heavy atom. The number of aromatic nitrogens is 2. The van der Waals surface area contributed by atoms with Gasteiger partial charge in [0.2, 0.25) is 0 Å². The highest BCUT2D eigenvalue weighted by molar-refractivity contribution is 5.93. The number of nitrogens with zero attached hydrogens (tertiary/aromatic N) is 4. The molecule has 0 aliphatic carbocycles. The van der Waals surface area contributed by atoms with Crippen molar-refractivity contribution >= 4 is 11.6 Å². The number of rotatable bonds is 4. The first-order valence-corrected chi connectivity index (χ1v) is 9.44. The lowest BCUT2D eigenvalue weighted by Crippen LogP contribution is -2.49. The van der Waals surface area contributed by atoms with Gasteiger partial charge in [-0.25, -0.2) is 0 Å². The zero-order chi connectivity index (χ0) is 19.5. The van der Waals surface area contributed by atoms with Gasteiger partial charge in [0.25, 0.3) is 5.91 Å². The summed E-state index contributed by atoms with van der Waals surface area (Å²) in [6.45, 7) is 2.86. The average Bonchev–Trinajstić information content (AvgIpc) is 3.15. The Kier molecular flexibility index (Phi) is 5.02. The maximum atomic E-state index is 13.0. The van der Waals surface area contributed by atoms with Gasteiger partial charge in [-0.1, -0.05) is 42.5 Å². The summed E-state index contributed by atoms with van der Waals surface area (Å²) in [6.07, 6.45) is 0. The van der Waals surface area contributed by atoms with Crippen molar-refractivity contribution in [2.45, 2.75) is 0 Å². The van der Waals surface area contributed by atoms with Crippen molar-refractivity contribution in [2.24, 2.45) is 7.05 Å². The van der Waals surface area contributed by atoms with Crippen molar-refractivity contribution in [1.29, 1.82) is 0 Å². The summed E-state index contributed by atoms with van der Waals surface area (Å²) in [4.78, 5) is 17.1. The van der Waals surface area contributed by atoms with Gasteiger partial charge in [0, 0.05) is 33.2 Å². The largest absolute Gasteiger partial charge is 0.495 e. The monoisotopic (exact) mass is 376 g/mol. The molecule has 1 fully saturated rings. The van der Waals surface area contributed by atoms with Crippen LogP contribution in [0.5, 0.6) is 5.75 Å². The summed E-state index contributed by atoms with van der Waals surface area (Å²) in [5, 5.41) is 4.46. The van der Waals surface area contributed by atoms with Gasteiger partial charge in [0.1, 0.15) is 5.75 Å². The molecular formula is C22H24N4O2. The SMILES string of the molecule is COc1ccccc1N1CCN(C(=O)c2cc(-c3ccccc3)n(C)n2)CC1. The van der Waals surface area contributed by atoms with Gasteiger partial charge in [-0.05, 0) is 23.8 Å². The molecule has 0 unspecified atom stereocenters. The summed E-state index contributed by atoms with van der Waals surface area (Å²) in [7, 11) is 3.56. The number of ether oxygens (including phenoxy) is 1. The normalized spacial score (nSPS) is 14.2. The standard InChI is InChI=1S/C22H24N4O2/c1-24-20(17-8-4-3-5-9-17)16-18(23-24)22(27)26-14-12-25(13-15-26)19-10-6-7-11-21(19)28-2/h3-11,16H,12-15H2,1-2H3. The van der Waals surface area contributed by atoms with E-state index in [0.717, 1.165) is 35.8 Å². The number of anilines is 1. The van der Waals surface area contributed by atoms with Crippen LogP contribution >= 0.6 is 0 Å². The van der Waals surface area contributed by atoms with E-state index in [0.29, 0.717) is 18.8 Å². The minimum Gasteiger partial charge on any atom is -0.495 e. The molecule has 1 aliphatic heterocycles. The van der Waals surface area contributed by atoms with Crippen LogP contribution in [0.2, 0.25) is 0 Å². The smallest absolute Gasteiger partial charge is 0.274 e. The molecule has 4 rings (SSSR count). The number of amides is 1. The number of carbonyl (C=O) groups excluding carboxylic acids is 1. The predicted molar refractivity (Wildman–Crippen MR) is 110 cm³/mol. The van der Waals surface area contributed by atoms with E-state index in [1.807, 2.05) is 66.5 Å². The third-order valence-electron chi connectivity index (χ3n) is 5.16. The Labute approximate surface area is 164 Å². The van der Waals surface area contributed by atoms with Crippen molar-refractivity contribution in [1.82, 2.24) is 14.7 Å². The van der Waals surface area contributed by atoms with Gasteiger partial charge >= 0.3 is 0 Å². The molecule has 0 radical (unpaired) electrons. The summed E-state index contributed by atoms with van der Waals surface area (Å²) >= 11 is 0. The van der Waals surface area contributed by atoms with E-state index in [9.17, 15) is 4.79 Å². The Morgan fingerprint density at radius 1 is 0.964 bits per heavy atom. The molecule has 0 saturated carbocycles. The molecule has 0 N–H and O–H groups in total. The van der Waals surface area contributed by atoms with Crippen LogP contribution in [0.15, 0.2) is 60.7 Å². The number of hydrogen-bond donors (Lipinski definition) is 0. The molecule has 2 heterocycles. The van der Waals surface area contributed by atoms with Crippen LogP contribution in [0.1, 0.15) is 10.5 Å². The third-order valence-corrected chi connectivity index (χ3v) is 5.16. The Bertz CT molecular complexity index is 960. The quantitative estimate of drug-likeness (QED) is 0.702. The second kappa shape index (κ2) is 7.76. The lowest BCUT2D eigenvalue weighted by Gasteiger charge is -2.36. The van der Waals surface area contributed by atoms with E-state index in [1.165, 1.54) is 0 Å². The second-order valence-corrected chi connectivity index (χ2v) is 6.86. The van der Waals surface area contributed by atoms with Crippen molar-refractivity contribution in [3.8, 4) is 17.0 Å². The maximum Gasteiger partial charge on any atom is 0.274 e. The Hall–Kier alpha value is -3.28. The van der Waals surface area contributed by atoms with E-state index in [-0.39, 0.29) is 5.91 Å². The van der Waals surface area contributed by atoms with E-state index in [2.05, 4.69) is 16.1 Å². The Balaban J connectivity index is 1.46. The van der Waals surface area contributed by atoms with Crippen LogP contribution in [0, 0.1) is 0 Å². The van der Waals surface area contributed by atoms with E-state index >= 15 is 0 Å². The fraction of sp³-hybridized carbons (Fsp3) is 0.273. The number of hydrogen-bond acceptors (Lipinski definition) is 4. The number of para-hydroxylation sites is 2. The first-order chi connectivity index (χ1) is 13.7. The van der Waals surface area contributed by atoms with Crippen LogP contribution in [0.4, 0.5) is 5.69 Å². The average molecular weight is 376 g/mol. The zero-order valence-electron chi connectivity index (χ0n) is 16.2. The molecule has 28 heavy (non-hydrogen) atoms. The van der Waals surface area contributed by atoms with E-state index in [1.54, 1.807) is 11.8 Å². The number of aryl methyl sites for hydroxylation is 1. The van der Waals surface area contributed by atoms with Gasteiger partial charge < -0.3 is 14.5 Å². The molecule has 6 heteroatoms. The molecule has 2 aromatic carbocycles. The highest BCUT2D eigenvalue weighted by atomic mass is 16.5. The lowest BCUT2D eigenvalue weighted by molar-refractivity contribution is 0.0740. The first-order valence-electron chi connectivity index (χ1n) is 9.44. The van der Waals surface area contributed by atoms with Crippen LogP contribution in [0.3, 0.4) is 0 Å². The molecule has 0 spiro atoms. The Morgan fingerprint density at radius 2 is 1.64 bits per heavy atom. The van der Waals surface area contributed by atoms with Gasteiger partial charge in [-0.2, -0.15) is 5.10 Å². The molecule has 1 amide bonds. The second-order valence-electron chi connectivity index (χ2n) is 6.86. The van der Waals surface area contributed by atoms with Crippen LogP contribution in [0.25, 0.3) is 11.3 Å². The van der Waals surface area contributed by atoms with Crippen molar-refractivity contribution in [3.63, 3.8) is 0 Å². The first kappa shape index (κ1) is 18.1. The van der Waals surface area contributed by atoms with Crippen LogP contribution in [-0.2, 0) is 7.05 Å². The fourth-order valence-electron chi connectivity index (χ4n) is 3.65. The molecule has 1 aromatic heterocycles. The molecule has 1 saturated heterocycles. The summed E-state index contributed by atoms with van der Waals surface area (Å²) < 4.78 is 7.24. The fourth-order valence-corrected chi connectivity index (χ4v) is 3.65. The minimum absolute atomic E-state index is 0.0162. The molecule has 6 nitrogen and oxygen atoms in total. The highest BCUT2D eigenvalue weighted by Crippen LogP contribution is 2.28. The summed E-state index contributed by atoms with van der Waals surface area (Å²) in [6, 6.07) is 19.9. The van der Waals surface area contributed by atoms with E-state index in [4.69, 9.17) is 4.74 Å².